The highest BCUT2D eigenvalue weighted by Crippen LogP contribution is 2.40. The first kappa shape index (κ1) is 14.7. The third kappa shape index (κ3) is 2.82. The van der Waals surface area contributed by atoms with Gasteiger partial charge in [0, 0.05) is 24.7 Å². The Morgan fingerprint density at radius 1 is 1.38 bits per heavy atom. The minimum Gasteiger partial charge on any atom is -0.360 e. The molecule has 3 aromatic heterocycles. The molecule has 0 aliphatic heterocycles. The molecule has 24 heavy (non-hydrogen) atoms. The summed E-state index contributed by atoms with van der Waals surface area (Å²) < 4.78 is 12.4. The van der Waals surface area contributed by atoms with Crippen molar-refractivity contribution >= 4 is 5.91 Å². The van der Waals surface area contributed by atoms with E-state index >= 15 is 0 Å². The molecule has 3 heterocycles. The Kier molecular flexibility index (Phi) is 3.64. The molecule has 0 spiro atoms. The zero-order chi connectivity index (χ0) is 16.5. The first-order valence-electron chi connectivity index (χ1n) is 7.97. The third-order valence-corrected chi connectivity index (χ3v) is 4.01. The van der Waals surface area contributed by atoms with Crippen LogP contribution in [0.15, 0.2) is 33.4 Å². The van der Waals surface area contributed by atoms with Crippen molar-refractivity contribution in [3.63, 3.8) is 0 Å². The van der Waals surface area contributed by atoms with E-state index in [0.717, 1.165) is 30.8 Å². The van der Waals surface area contributed by atoms with Crippen LogP contribution in [-0.4, -0.2) is 25.8 Å². The van der Waals surface area contributed by atoms with Crippen LogP contribution in [0.5, 0.6) is 0 Å². The maximum Gasteiger partial charge on any atom is 0.273 e. The monoisotopic (exact) mass is 327 g/mol. The van der Waals surface area contributed by atoms with Crippen LogP contribution in [0, 0.1) is 0 Å². The molecule has 8 nitrogen and oxygen atoms in total. The van der Waals surface area contributed by atoms with Crippen LogP contribution in [0.3, 0.4) is 0 Å². The van der Waals surface area contributed by atoms with Gasteiger partial charge in [-0.1, -0.05) is 10.3 Å². The summed E-state index contributed by atoms with van der Waals surface area (Å²) >= 11 is 0. The topological polar surface area (TPSA) is 99.0 Å². The van der Waals surface area contributed by atoms with E-state index in [4.69, 9.17) is 9.05 Å². The average Bonchev–Trinajstić information content (AvgIpc) is 3.05. The Labute approximate surface area is 137 Å². The zero-order valence-corrected chi connectivity index (χ0v) is 13.2. The van der Waals surface area contributed by atoms with Crippen molar-refractivity contribution in [1.29, 1.82) is 0 Å². The van der Waals surface area contributed by atoms with Gasteiger partial charge >= 0.3 is 0 Å². The lowest BCUT2D eigenvalue weighted by Crippen LogP contribution is -2.23. The molecule has 1 aliphatic rings. The quantitative estimate of drug-likeness (QED) is 0.746. The molecule has 0 saturated heterocycles. The number of nitrogens with zero attached hydrogens (tertiary/aromatic N) is 4. The van der Waals surface area contributed by atoms with Crippen molar-refractivity contribution < 1.29 is 13.8 Å². The number of carbonyl (C=O) groups is 1. The first-order valence-corrected chi connectivity index (χ1v) is 7.97. The van der Waals surface area contributed by atoms with Crippen molar-refractivity contribution in [2.75, 3.05) is 0 Å². The van der Waals surface area contributed by atoms with E-state index in [1.54, 1.807) is 6.07 Å². The van der Waals surface area contributed by atoms with Gasteiger partial charge in [0.05, 0.1) is 12.2 Å². The lowest BCUT2D eigenvalue weighted by atomic mass is 10.3. The van der Waals surface area contributed by atoms with E-state index < -0.39 is 0 Å². The normalized spacial score (nSPS) is 14.0. The van der Waals surface area contributed by atoms with Gasteiger partial charge in [0.15, 0.2) is 5.69 Å². The maximum absolute atomic E-state index is 12.1. The number of hydrogen-bond donors (Lipinski definition) is 1. The molecule has 0 radical (unpaired) electrons. The molecule has 0 aromatic carbocycles. The van der Waals surface area contributed by atoms with Gasteiger partial charge in [0.2, 0.25) is 11.7 Å². The summed E-state index contributed by atoms with van der Waals surface area (Å²) in [5.41, 5.74) is 1.15. The Morgan fingerprint density at radius 2 is 2.25 bits per heavy atom. The van der Waals surface area contributed by atoms with Gasteiger partial charge in [-0.15, -0.1) is 0 Å². The van der Waals surface area contributed by atoms with E-state index in [1.807, 2.05) is 29.8 Å². The van der Waals surface area contributed by atoms with Crippen molar-refractivity contribution in [1.82, 2.24) is 25.2 Å². The summed E-state index contributed by atoms with van der Waals surface area (Å²) in [4.78, 5) is 16.4. The second-order valence-electron chi connectivity index (χ2n) is 5.76. The second kappa shape index (κ2) is 5.95. The molecule has 0 bridgehead atoms. The maximum atomic E-state index is 12.1. The van der Waals surface area contributed by atoms with Crippen LogP contribution in [0.25, 0.3) is 11.5 Å². The van der Waals surface area contributed by atoms with E-state index in [9.17, 15) is 4.79 Å². The van der Waals surface area contributed by atoms with Crippen LogP contribution in [0.4, 0.5) is 0 Å². The number of aryl methyl sites for hydroxylation is 1. The van der Waals surface area contributed by atoms with Gasteiger partial charge in [-0.2, -0.15) is 4.98 Å². The van der Waals surface area contributed by atoms with Crippen molar-refractivity contribution in [3.05, 3.63) is 41.7 Å². The van der Waals surface area contributed by atoms with Gasteiger partial charge in [-0.3, -0.25) is 4.79 Å². The van der Waals surface area contributed by atoms with Gasteiger partial charge in [0.1, 0.15) is 5.76 Å². The predicted molar refractivity (Wildman–Crippen MR) is 83.0 cm³/mol. The zero-order valence-electron chi connectivity index (χ0n) is 13.2. The largest absolute Gasteiger partial charge is 0.360 e. The number of aromatic nitrogens is 4. The lowest BCUT2D eigenvalue weighted by molar-refractivity contribution is 0.0937. The molecule has 1 N–H and O–H groups in total. The molecule has 3 aromatic rings. The Hall–Kier alpha value is -2.90. The Morgan fingerprint density at radius 3 is 3.04 bits per heavy atom. The highest BCUT2D eigenvalue weighted by Gasteiger charge is 2.28. The Bertz CT molecular complexity index is 859. The van der Waals surface area contributed by atoms with Crippen molar-refractivity contribution in [2.45, 2.75) is 38.8 Å². The van der Waals surface area contributed by atoms with Crippen LogP contribution in [0.1, 0.15) is 47.8 Å². The minimum atomic E-state index is -0.317. The SMILES string of the molecule is CCn1cccc1-c1noc(CNC(=O)c2cc(C3CC3)on2)n1. The number of rotatable bonds is 6. The van der Waals surface area contributed by atoms with Crippen LogP contribution in [-0.2, 0) is 13.1 Å². The van der Waals surface area contributed by atoms with Gasteiger partial charge < -0.3 is 18.9 Å². The van der Waals surface area contributed by atoms with Crippen molar-refractivity contribution in [2.24, 2.45) is 0 Å². The first-order chi connectivity index (χ1) is 11.7. The molecule has 124 valence electrons. The molecule has 8 heteroatoms. The number of nitrogens with one attached hydrogen (secondary N) is 1. The lowest BCUT2D eigenvalue weighted by Gasteiger charge is -2.00. The van der Waals surface area contributed by atoms with Gasteiger partial charge in [0.25, 0.3) is 5.91 Å². The molecule has 0 atom stereocenters. The van der Waals surface area contributed by atoms with E-state index in [-0.39, 0.29) is 18.1 Å². The Balaban J connectivity index is 1.39. The molecule has 1 amide bonds. The second-order valence-corrected chi connectivity index (χ2v) is 5.76. The van der Waals surface area contributed by atoms with E-state index in [0.29, 0.717) is 17.6 Å². The highest BCUT2D eigenvalue weighted by molar-refractivity contribution is 5.92. The number of amides is 1. The standard InChI is InChI=1S/C16H17N5O3/c1-2-21-7-3-4-12(21)15-18-14(24-20-15)9-17-16(22)11-8-13(23-19-11)10-5-6-10/h3-4,7-8,10H,2,5-6,9H2,1H3,(H,17,22). The van der Waals surface area contributed by atoms with Crippen LogP contribution >= 0.6 is 0 Å². The molecule has 0 unspecified atom stereocenters. The summed E-state index contributed by atoms with van der Waals surface area (Å²) in [6, 6.07) is 5.55. The fraction of sp³-hybridized carbons (Fsp3) is 0.375. The molecule has 1 fully saturated rings. The van der Waals surface area contributed by atoms with Gasteiger partial charge in [-0.05, 0) is 31.9 Å². The average molecular weight is 327 g/mol. The predicted octanol–water partition coefficient (Wildman–Crippen LogP) is 2.35. The summed E-state index contributed by atoms with van der Waals surface area (Å²) in [6.45, 7) is 3.00. The molecule has 4 rings (SSSR count). The summed E-state index contributed by atoms with van der Waals surface area (Å²) in [7, 11) is 0. The third-order valence-electron chi connectivity index (χ3n) is 4.01. The molecular formula is C16H17N5O3. The summed E-state index contributed by atoms with van der Waals surface area (Å²) in [5.74, 6) is 1.73. The minimum absolute atomic E-state index is 0.143. The highest BCUT2D eigenvalue weighted by atomic mass is 16.5. The smallest absolute Gasteiger partial charge is 0.273 e. The van der Waals surface area contributed by atoms with Crippen LogP contribution in [0.2, 0.25) is 0 Å². The molecular weight excluding hydrogens is 310 g/mol. The fourth-order valence-corrected chi connectivity index (χ4v) is 2.53. The van der Waals surface area contributed by atoms with Gasteiger partial charge in [-0.25, -0.2) is 0 Å². The number of hydrogen-bond acceptors (Lipinski definition) is 6. The van der Waals surface area contributed by atoms with E-state index in [2.05, 4.69) is 20.6 Å². The fourth-order valence-electron chi connectivity index (χ4n) is 2.53. The molecule has 1 aliphatic carbocycles. The summed E-state index contributed by atoms with van der Waals surface area (Å²) in [5, 5.41) is 10.5. The summed E-state index contributed by atoms with van der Waals surface area (Å²) in [6.07, 6.45) is 4.15. The number of carbonyl (C=O) groups excluding carboxylic acids is 1. The van der Waals surface area contributed by atoms with Crippen molar-refractivity contribution in [3.8, 4) is 11.5 Å². The molecule has 1 saturated carbocycles. The van der Waals surface area contributed by atoms with Crippen LogP contribution < -0.4 is 5.32 Å². The van der Waals surface area contributed by atoms with E-state index in [1.165, 1.54) is 0 Å².